The summed E-state index contributed by atoms with van der Waals surface area (Å²) in [5.41, 5.74) is 1.29. The molecule has 1 N–H and O–H groups in total. The minimum Gasteiger partial charge on any atom is -0.497 e. The minimum atomic E-state index is -0.473. The summed E-state index contributed by atoms with van der Waals surface area (Å²) in [4.78, 5) is 26.2. The predicted octanol–water partition coefficient (Wildman–Crippen LogP) is 4.06. The molecule has 160 valence electrons. The highest BCUT2D eigenvalue weighted by atomic mass is 16.5. The smallest absolute Gasteiger partial charge is 0.340 e. The molecule has 2 fully saturated rings. The van der Waals surface area contributed by atoms with Gasteiger partial charge in [0, 0.05) is 12.8 Å². The Labute approximate surface area is 174 Å². The zero-order valence-corrected chi connectivity index (χ0v) is 18.3. The average Bonchev–Trinajstić information content (AvgIpc) is 2.94. The van der Waals surface area contributed by atoms with Gasteiger partial charge in [0.1, 0.15) is 5.75 Å². The Bertz CT molecular complexity index is 762. The van der Waals surface area contributed by atoms with Crippen LogP contribution in [0.25, 0.3) is 0 Å². The number of carbonyl (C=O) groups excluding carboxylic acids is 2. The number of nitrogens with zero attached hydrogens (tertiary/aromatic N) is 1. The van der Waals surface area contributed by atoms with Gasteiger partial charge in [-0.2, -0.15) is 0 Å². The van der Waals surface area contributed by atoms with Crippen LogP contribution in [0.1, 0.15) is 67.8 Å². The van der Waals surface area contributed by atoms with E-state index in [1.807, 2.05) is 13.0 Å². The molecule has 1 aromatic rings. The van der Waals surface area contributed by atoms with E-state index in [0.29, 0.717) is 17.0 Å². The molecule has 3 rings (SSSR count). The average molecular weight is 404 g/mol. The number of methoxy groups -OCH3 is 2. The Kier molecular flexibility index (Phi) is 6.52. The second-order valence-corrected chi connectivity index (χ2v) is 8.52. The van der Waals surface area contributed by atoms with E-state index in [1.54, 1.807) is 13.2 Å². The Hall–Kier alpha value is -2.08. The number of rotatable bonds is 6. The number of carbonyl (C=O) groups is 2. The number of ether oxygens (including phenoxy) is 2. The molecule has 0 radical (unpaired) electrons. The topological polar surface area (TPSA) is 64.6 Å². The normalized spacial score (nSPS) is 20.1. The van der Waals surface area contributed by atoms with Crippen molar-refractivity contribution in [2.75, 3.05) is 39.2 Å². The number of aryl methyl sites for hydroxylation is 1. The summed E-state index contributed by atoms with van der Waals surface area (Å²) in [7, 11) is 2.91. The van der Waals surface area contributed by atoms with Gasteiger partial charge in [0.25, 0.3) is 5.91 Å². The Morgan fingerprint density at radius 2 is 1.72 bits per heavy atom. The van der Waals surface area contributed by atoms with Crippen LogP contribution in [0.5, 0.6) is 5.75 Å². The van der Waals surface area contributed by atoms with Crippen molar-refractivity contribution in [3.63, 3.8) is 0 Å². The molecule has 1 aliphatic carbocycles. The summed E-state index contributed by atoms with van der Waals surface area (Å²) in [6.45, 7) is 7.20. The number of hydrogen-bond donors (Lipinski definition) is 1. The van der Waals surface area contributed by atoms with Crippen molar-refractivity contribution in [2.24, 2.45) is 0 Å². The molecule has 1 amide bonds. The number of quaternary nitrogens is 1. The van der Waals surface area contributed by atoms with E-state index in [-0.39, 0.29) is 5.91 Å². The number of amides is 1. The third-order valence-corrected chi connectivity index (χ3v) is 7.23. The summed E-state index contributed by atoms with van der Waals surface area (Å²) in [5, 5.41) is 3.15. The number of benzene rings is 1. The summed E-state index contributed by atoms with van der Waals surface area (Å²) < 4.78 is 11.1. The molecule has 29 heavy (non-hydrogen) atoms. The van der Waals surface area contributed by atoms with Crippen LogP contribution in [0.2, 0.25) is 0 Å². The second-order valence-electron chi connectivity index (χ2n) is 8.52. The van der Waals surface area contributed by atoms with Crippen molar-refractivity contribution in [1.29, 1.82) is 0 Å². The summed E-state index contributed by atoms with van der Waals surface area (Å²) in [6.07, 6.45) is 7.77. The third kappa shape index (κ3) is 3.75. The molecule has 0 spiro atoms. The number of esters is 1. The molecule has 1 aliphatic heterocycles. The van der Waals surface area contributed by atoms with E-state index < -0.39 is 11.5 Å². The molecule has 0 bridgehead atoms. The SMILES string of the molecule is CC[N+]1(C2(C(=O)Nc3c(C)cc(OC)cc3C(=O)OC)CCC2)CCCCCC1. The summed E-state index contributed by atoms with van der Waals surface area (Å²) in [6, 6.07) is 3.48. The zero-order chi connectivity index (χ0) is 21.1. The van der Waals surface area contributed by atoms with Crippen LogP contribution >= 0.6 is 0 Å². The highest BCUT2D eigenvalue weighted by molar-refractivity contribution is 6.05. The third-order valence-electron chi connectivity index (χ3n) is 7.23. The van der Waals surface area contributed by atoms with Crippen molar-refractivity contribution in [3.05, 3.63) is 23.3 Å². The van der Waals surface area contributed by atoms with Crippen LogP contribution in [0.4, 0.5) is 5.69 Å². The molecule has 2 aliphatic rings. The lowest BCUT2D eigenvalue weighted by atomic mass is 9.72. The van der Waals surface area contributed by atoms with Gasteiger partial charge in [0.15, 0.2) is 5.54 Å². The fourth-order valence-corrected chi connectivity index (χ4v) is 5.31. The van der Waals surface area contributed by atoms with E-state index in [9.17, 15) is 9.59 Å². The van der Waals surface area contributed by atoms with Crippen molar-refractivity contribution >= 4 is 17.6 Å². The van der Waals surface area contributed by atoms with Crippen LogP contribution in [-0.2, 0) is 9.53 Å². The highest BCUT2D eigenvalue weighted by Gasteiger charge is 2.59. The molecule has 6 nitrogen and oxygen atoms in total. The van der Waals surface area contributed by atoms with Crippen LogP contribution in [0.15, 0.2) is 12.1 Å². The van der Waals surface area contributed by atoms with Gasteiger partial charge in [-0.3, -0.25) is 4.79 Å². The molecule has 1 saturated heterocycles. The molecule has 0 aromatic heterocycles. The van der Waals surface area contributed by atoms with Gasteiger partial charge in [0.05, 0.1) is 45.1 Å². The molecule has 0 atom stereocenters. The van der Waals surface area contributed by atoms with Gasteiger partial charge in [-0.25, -0.2) is 4.79 Å². The molecule has 1 saturated carbocycles. The largest absolute Gasteiger partial charge is 0.497 e. The summed E-state index contributed by atoms with van der Waals surface area (Å²) >= 11 is 0. The van der Waals surface area contributed by atoms with Crippen molar-refractivity contribution in [2.45, 2.75) is 64.3 Å². The number of hydrogen-bond acceptors (Lipinski definition) is 4. The maximum atomic E-state index is 13.8. The first-order chi connectivity index (χ1) is 13.9. The van der Waals surface area contributed by atoms with Crippen LogP contribution in [-0.4, -0.2) is 55.8 Å². The van der Waals surface area contributed by atoms with Crippen LogP contribution in [0, 0.1) is 6.92 Å². The van der Waals surface area contributed by atoms with Crippen molar-refractivity contribution in [1.82, 2.24) is 0 Å². The zero-order valence-electron chi connectivity index (χ0n) is 18.3. The fourth-order valence-electron chi connectivity index (χ4n) is 5.31. The quantitative estimate of drug-likeness (QED) is 0.575. The maximum Gasteiger partial charge on any atom is 0.340 e. The van der Waals surface area contributed by atoms with E-state index >= 15 is 0 Å². The number of likely N-dealkylation sites (tertiary alicyclic amines) is 1. The molecule has 1 heterocycles. The van der Waals surface area contributed by atoms with E-state index in [0.717, 1.165) is 48.9 Å². The molecular weight excluding hydrogens is 368 g/mol. The van der Waals surface area contributed by atoms with Crippen LogP contribution in [0.3, 0.4) is 0 Å². The van der Waals surface area contributed by atoms with Gasteiger partial charge in [-0.1, -0.05) is 0 Å². The minimum absolute atomic E-state index is 0.0471. The first-order valence-electron chi connectivity index (χ1n) is 10.9. The van der Waals surface area contributed by atoms with Gasteiger partial charge >= 0.3 is 5.97 Å². The molecule has 0 unspecified atom stereocenters. The van der Waals surface area contributed by atoms with Crippen molar-refractivity contribution < 1.29 is 23.5 Å². The van der Waals surface area contributed by atoms with Crippen LogP contribution < -0.4 is 10.1 Å². The standard InChI is InChI=1S/C23H34N2O4/c1-5-25(13-8-6-7-9-14-25)23(11-10-12-23)22(27)24-20-17(2)15-18(28-3)16-19(20)21(26)29-4/h15-16H,5-14H2,1-4H3/p+1. The molecule has 6 heteroatoms. The Morgan fingerprint density at radius 3 is 2.21 bits per heavy atom. The van der Waals surface area contributed by atoms with E-state index in [4.69, 9.17) is 9.47 Å². The number of nitrogens with one attached hydrogen (secondary N) is 1. The number of likely N-dealkylation sites (N-methyl/N-ethyl adjacent to an activating group) is 1. The van der Waals surface area contributed by atoms with E-state index in [2.05, 4.69) is 12.2 Å². The molecule has 1 aromatic carbocycles. The molecular formula is C23H35N2O4+. The van der Waals surface area contributed by atoms with Crippen molar-refractivity contribution in [3.8, 4) is 5.75 Å². The first kappa shape index (κ1) is 21.6. The predicted molar refractivity (Wildman–Crippen MR) is 113 cm³/mol. The van der Waals surface area contributed by atoms with Gasteiger partial charge in [-0.05, 0) is 63.6 Å². The monoisotopic (exact) mass is 403 g/mol. The Balaban J connectivity index is 1.97. The lowest BCUT2D eigenvalue weighted by molar-refractivity contribution is -0.970. The lowest BCUT2D eigenvalue weighted by Gasteiger charge is -2.56. The maximum absolute atomic E-state index is 13.8. The lowest BCUT2D eigenvalue weighted by Crippen LogP contribution is -2.72. The Morgan fingerprint density at radius 1 is 1.07 bits per heavy atom. The van der Waals surface area contributed by atoms with E-state index in [1.165, 1.54) is 32.8 Å². The van der Waals surface area contributed by atoms with Gasteiger partial charge in [-0.15, -0.1) is 0 Å². The van der Waals surface area contributed by atoms with Gasteiger partial charge in [0.2, 0.25) is 0 Å². The van der Waals surface area contributed by atoms with Gasteiger partial charge < -0.3 is 19.3 Å². The number of anilines is 1. The fraction of sp³-hybridized carbons (Fsp3) is 0.652. The first-order valence-corrected chi connectivity index (χ1v) is 10.9. The second kappa shape index (κ2) is 8.74. The summed E-state index contributed by atoms with van der Waals surface area (Å²) in [5.74, 6) is 0.147. The highest BCUT2D eigenvalue weighted by Crippen LogP contribution is 2.46.